The summed E-state index contributed by atoms with van der Waals surface area (Å²) in [6, 6.07) is 54.2. The van der Waals surface area contributed by atoms with Gasteiger partial charge in [0.1, 0.15) is 17.0 Å². The van der Waals surface area contributed by atoms with Crippen LogP contribution in [0.25, 0.3) is 105 Å². The van der Waals surface area contributed by atoms with Gasteiger partial charge in [-0.1, -0.05) is 152 Å². The Morgan fingerprint density at radius 2 is 1.15 bits per heavy atom. The lowest BCUT2D eigenvalue weighted by molar-refractivity contribution is 0.669. The third-order valence-corrected chi connectivity index (χ3v) is 10.5. The van der Waals surface area contributed by atoms with Crippen molar-refractivity contribution >= 4 is 54.5 Å². The molecule has 3 heteroatoms. The van der Waals surface area contributed by atoms with Crippen LogP contribution in [-0.2, 0) is 0 Å². The first kappa shape index (κ1) is 25.7. The van der Waals surface area contributed by atoms with Gasteiger partial charge in [0.25, 0.3) is 0 Å². The Morgan fingerprint density at radius 3 is 2.02 bits per heavy atom. The van der Waals surface area contributed by atoms with Gasteiger partial charge in [0, 0.05) is 22.0 Å². The van der Waals surface area contributed by atoms with Crippen molar-refractivity contribution in [2.24, 2.45) is 0 Å². The fourth-order valence-corrected chi connectivity index (χ4v) is 8.19. The number of fused-ring (bicyclic) bond motifs is 6. The van der Waals surface area contributed by atoms with Crippen LogP contribution in [0.15, 0.2) is 198 Å². The largest absolute Gasteiger partial charge is 0.456 e. The predicted molar refractivity (Wildman–Crippen MR) is 225 cm³/mol. The summed E-state index contributed by atoms with van der Waals surface area (Å²) >= 11 is 0. The average molecular weight is 694 g/mol. The molecular weight excluding hydrogens is 657 g/mol. The molecule has 0 saturated carbocycles. The quantitative estimate of drug-likeness (QED) is 0.168. The van der Waals surface area contributed by atoms with Crippen LogP contribution in [-0.4, -0.2) is 9.55 Å². The molecule has 2 aromatic heterocycles. The third kappa shape index (κ3) is 4.72. The smallest absolute Gasteiger partial charge is 0.145 e. The maximum atomic E-state index is 8.89. The summed E-state index contributed by atoms with van der Waals surface area (Å²) in [4.78, 5) is 4.91. The lowest BCUT2D eigenvalue weighted by Gasteiger charge is -2.20. The minimum Gasteiger partial charge on any atom is -0.456 e. The summed E-state index contributed by atoms with van der Waals surface area (Å²) in [5.74, 6) is 0.276. The molecule has 3 nitrogen and oxygen atoms in total. The Morgan fingerprint density at radius 1 is 0.463 bits per heavy atom. The van der Waals surface area contributed by atoms with Crippen molar-refractivity contribution in [3.8, 4) is 50.5 Å². The Hall–Kier alpha value is -7.23. The monoisotopic (exact) mass is 693 g/mol. The number of nitrogens with zero attached hydrogens (tertiary/aromatic N) is 2. The van der Waals surface area contributed by atoms with E-state index < -0.39 is 18.1 Å². The van der Waals surface area contributed by atoms with Gasteiger partial charge in [0.2, 0.25) is 0 Å². The van der Waals surface area contributed by atoms with Crippen molar-refractivity contribution in [3.05, 3.63) is 194 Å². The summed E-state index contributed by atoms with van der Waals surface area (Å²) in [7, 11) is 0. The van der Waals surface area contributed by atoms with E-state index in [2.05, 4.69) is 103 Å². The van der Waals surface area contributed by atoms with Crippen LogP contribution >= 0.6 is 0 Å². The zero-order valence-corrected chi connectivity index (χ0v) is 28.9. The highest BCUT2D eigenvalue weighted by Crippen LogP contribution is 2.48. The minimum absolute atomic E-state index is 0.0484. The molecule has 0 spiro atoms. The molecule has 0 aliphatic rings. The maximum Gasteiger partial charge on any atom is 0.145 e. The van der Waals surface area contributed by atoms with Crippen molar-refractivity contribution in [2.75, 3.05) is 0 Å². The molecule has 0 atom stereocenters. The second-order valence-corrected chi connectivity index (χ2v) is 13.5. The molecule has 11 aromatic rings. The van der Waals surface area contributed by atoms with E-state index in [9.17, 15) is 0 Å². The van der Waals surface area contributed by atoms with Gasteiger partial charge in [0.15, 0.2) is 0 Å². The highest BCUT2D eigenvalue weighted by Gasteiger charge is 2.22. The zero-order chi connectivity index (χ0) is 39.9. The van der Waals surface area contributed by atoms with E-state index in [1.807, 2.05) is 65.2 Å². The molecule has 54 heavy (non-hydrogen) atoms. The molecule has 2 heterocycles. The number of para-hydroxylation sites is 3. The fraction of sp³-hybridized carbons (Fsp3) is 0. The van der Waals surface area contributed by atoms with E-state index >= 15 is 0 Å². The minimum atomic E-state index is -0.441. The van der Waals surface area contributed by atoms with E-state index in [1.54, 1.807) is 0 Å². The van der Waals surface area contributed by atoms with Gasteiger partial charge in [-0.3, -0.25) is 4.57 Å². The van der Waals surface area contributed by atoms with Crippen LogP contribution < -0.4 is 0 Å². The van der Waals surface area contributed by atoms with Crippen molar-refractivity contribution in [1.82, 2.24) is 9.55 Å². The standard InChI is InChI=1S/C51H32N2O/c1-3-15-33(16-4-1)35-29-30-40-43(32-35)49(42-24-14-28-47-50(42)41-23-9-12-27-46(41)54-47)39-22-8-7-21-38(39)48(40)36-19-13-20-37(31-36)53-45-26-11-10-25-44(45)52-51(53)34-17-5-2-6-18-34/h1-32H/i2D,5D,6D,17D,18D. The number of benzene rings is 9. The number of rotatable bonds is 5. The number of aromatic nitrogens is 2. The first-order valence-corrected chi connectivity index (χ1v) is 18.0. The van der Waals surface area contributed by atoms with E-state index in [-0.39, 0.29) is 23.5 Å². The van der Waals surface area contributed by atoms with E-state index in [1.165, 1.54) is 0 Å². The average Bonchev–Trinajstić information content (AvgIpc) is 3.86. The molecule has 252 valence electrons. The van der Waals surface area contributed by atoms with Crippen molar-refractivity contribution in [2.45, 2.75) is 0 Å². The van der Waals surface area contributed by atoms with Gasteiger partial charge in [-0.15, -0.1) is 0 Å². The topological polar surface area (TPSA) is 31.0 Å². The summed E-state index contributed by atoms with van der Waals surface area (Å²) < 4.78 is 51.3. The van der Waals surface area contributed by atoms with E-state index in [0.717, 1.165) is 88.1 Å². The molecule has 0 saturated heterocycles. The summed E-state index contributed by atoms with van der Waals surface area (Å²) in [6.07, 6.45) is 0. The van der Waals surface area contributed by atoms with Gasteiger partial charge in [0.05, 0.1) is 17.9 Å². The number of imidazole rings is 1. The predicted octanol–water partition coefficient (Wildman–Crippen LogP) is 13.9. The first-order valence-electron chi connectivity index (χ1n) is 20.5. The van der Waals surface area contributed by atoms with Crippen LogP contribution in [0.1, 0.15) is 6.85 Å². The number of hydrogen-bond acceptors (Lipinski definition) is 2. The van der Waals surface area contributed by atoms with E-state index in [0.29, 0.717) is 5.52 Å². The van der Waals surface area contributed by atoms with Gasteiger partial charge in [-0.05, 0) is 97.4 Å². The van der Waals surface area contributed by atoms with Crippen molar-refractivity contribution in [3.63, 3.8) is 0 Å². The molecule has 0 radical (unpaired) electrons. The molecule has 0 bridgehead atoms. The van der Waals surface area contributed by atoms with Crippen molar-refractivity contribution < 1.29 is 11.3 Å². The lowest BCUT2D eigenvalue weighted by Crippen LogP contribution is -1.98. The normalized spacial score (nSPS) is 13.0. The second-order valence-electron chi connectivity index (χ2n) is 13.5. The Bertz CT molecular complexity index is 3490. The molecule has 0 N–H and O–H groups in total. The molecule has 0 unspecified atom stereocenters. The summed E-state index contributed by atoms with van der Waals surface area (Å²) in [6.45, 7) is 0. The number of furan rings is 1. The Labute approximate surface area is 319 Å². The first-order chi connectivity index (χ1) is 28.9. The zero-order valence-electron chi connectivity index (χ0n) is 33.9. The Balaban J connectivity index is 1.23. The highest BCUT2D eigenvalue weighted by atomic mass is 16.3. The molecule has 0 aliphatic heterocycles. The van der Waals surface area contributed by atoms with Crippen LogP contribution in [0.4, 0.5) is 0 Å². The molecule has 0 fully saturated rings. The lowest BCUT2D eigenvalue weighted by atomic mass is 9.84. The van der Waals surface area contributed by atoms with Gasteiger partial charge < -0.3 is 4.42 Å². The fourth-order valence-electron chi connectivity index (χ4n) is 8.19. The molecule has 11 rings (SSSR count). The summed E-state index contributed by atoms with van der Waals surface area (Å²) in [5.41, 5.74) is 10.3. The van der Waals surface area contributed by atoms with Crippen molar-refractivity contribution in [1.29, 1.82) is 0 Å². The molecule has 0 amide bonds. The molecule has 0 aliphatic carbocycles. The highest BCUT2D eigenvalue weighted by molar-refractivity contribution is 6.26. The van der Waals surface area contributed by atoms with Gasteiger partial charge in [-0.25, -0.2) is 4.98 Å². The van der Waals surface area contributed by atoms with Crippen LogP contribution in [0, 0.1) is 0 Å². The van der Waals surface area contributed by atoms with Gasteiger partial charge >= 0.3 is 0 Å². The second kappa shape index (κ2) is 12.2. The third-order valence-electron chi connectivity index (χ3n) is 10.5. The van der Waals surface area contributed by atoms with Crippen LogP contribution in [0.3, 0.4) is 0 Å². The Kier molecular flexibility index (Phi) is 5.79. The molecule has 9 aromatic carbocycles. The maximum absolute atomic E-state index is 8.89. The summed E-state index contributed by atoms with van der Waals surface area (Å²) in [5, 5.41) is 6.47. The SMILES string of the molecule is [2H]c1c([2H])c([2H])c(-c2nc3ccccc3n2-c2cccc(-c3c4ccccc4c(-c4cccc5oc6ccccc6c45)c4cc(-c5ccccc5)ccc34)c2)c([2H])c1[2H]. The van der Waals surface area contributed by atoms with E-state index in [4.69, 9.17) is 16.3 Å². The van der Waals surface area contributed by atoms with Gasteiger partial charge in [-0.2, -0.15) is 0 Å². The van der Waals surface area contributed by atoms with Crippen LogP contribution in [0.5, 0.6) is 0 Å². The molecular formula is C51H32N2O. The number of hydrogen-bond donors (Lipinski definition) is 0. The van der Waals surface area contributed by atoms with Crippen LogP contribution in [0.2, 0.25) is 0 Å².